The molecule has 0 bridgehead atoms. The number of fused-ring (bicyclic) bond motifs is 1. The van der Waals surface area contributed by atoms with Crippen molar-refractivity contribution in [2.45, 2.75) is 20.4 Å². The third-order valence-corrected chi connectivity index (χ3v) is 4.89. The average Bonchev–Trinajstić information content (AvgIpc) is 3.24. The van der Waals surface area contributed by atoms with Crippen LogP contribution in [0.15, 0.2) is 59.3 Å². The largest absolute Gasteiger partial charge is 0.342 e. The number of aromatic nitrogens is 2. The molecule has 0 aliphatic rings. The number of carbonyl (C=O) groups is 2. The van der Waals surface area contributed by atoms with Crippen molar-refractivity contribution in [2.24, 2.45) is 0 Å². The molecule has 0 atom stereocenters. The lowest BCUT2D eigenvalue weighted by molar-refractivity contribution is -0.112. The molecule has 2 aromatic carbocycles. The molecule has 0 fully saturated rings. The first-order valence-electron chi connectivity index (χ1n) is 9.05. The standard InChI is InChI=1S/C22H18FN3O3/c1-13-14(2)25-29-22(13)24-21(28)20(27)18-12-26(19-6-4-3-5-17(18)19)11-15-7-9-16(23)10-8-15/h3-10,12H,11H2,1-2H3,(H,24,28). The molecule has 2 aromatic heterocycles. The molecule has 4 rings (SSSR count). The lowest BCUT2D eigenvalue weighted by atomic mass is 10.1. The Hall–Kier alpha value is -3.74. The van der Waals surface area contributed by atoms with Gasteiger partial charge in [0, 0.05) is 29.2 Å². The third-order valence-electron chi connectivity index (χ3n) is 4.89. The lowest BCUT2D eigenvalue weighted by Crippen LogP contribution is -2.22. The minimum absolute atomic E-state index is 0.163. The molecule has 146 valence electrons. The fourth-order valence-electron chi connectivity index (χ4n) is 3.16. The number of rotatable bonds is 5. The van der Waals surface area contributed by atoms with Crippen LogP contribution in [0.2, 0.25) is 0 Å². The fraction of sp³-hybridized carbons (Fsp3) is 0.136. The van der Waals surface area contributed by atoms with Crippen LogP contribution in [-0.4, -0.2) is 21.4 Å². The van der Waals surface area contributed by atoms with Gasteiger partial charge in [-0.2, -0.15) is 0 Å². The maximum absolute atomic E-state index is 13.2. The van der Waals surface area contributed by atoms with Crippen LogP contribution in [0.1, 0.15) is 27.2 Å². The highest BCUT2D eigenvalue weighted by molar-refractivity contribution is 6.48. The number of anilines is 1. The van der Waals surface area contributed by atoms with E-state index in [-0.39, 0.29) is 17.3 Å². The summed E-state index contributed by atoms with van der Waals surface area (Å²) in [5.74, 6) is -1.62. The van der Waals surface area contributed by atoms with Gasteiger partial charge in [-0.1, -0.05) is 35.5 Å². The summed E-state index contributed by atoms with van der Waals surface area (Å²) in [5, 5.41) is 6.93. The second kappa shape index (κ2) is 7.35. The van der Waals surface area contributed by atoms with Crippen molar-refractivity contribution in [1.82, 2.24) is 9.72 Å². The van der Waals surface area contributed by atoms with Crippen molar-refractivity contribution in [3.63, 3.8) is 0 Å². The number of hydrogen-bond donors (Lipinski definition) is 1. The number of amides is 1. The summed E-state index contributed by atoms with van der Waals surface area (Å²) in [6.45, 7) is 3.94. The highest BCUT2D eigenvalue weighted by atomic mass is 19.1. The van der Waals surface area contributed by atoms with Crippen molar-refractivity contribution in [1.29, 1.82) is 0 Å². The highest BCUT2D eigenvalue weighted by Gasteiger charge is 2.23. The summed E-state index contributed by atoms with van der Waals surface area (Å²) in [5.41, 5.74) is 3.28. The second-order valence-corrected chi connectivity index (χ2v) is 6.82. The molecule has 29 heavy (non-hydrogen) atoms. The molecule has 0 unspecified atom stereocenters. The van der Waals surface area contributed by atoms with E-state index in [0.29, 0.717) is 23.2 Å². The van der Waals surface area contributed by atoms with E-state index in [4.69, 9.17) is 4.52 Å². The number of para-hydroxylation sites is 1. The molecule has 0 radical (unpaired) electrons. The molecule has 7 heteroatoms. The number of hydrogen-bond acceptors (Lipinski definition) is 4. The molecular weight excluding hydrogens is 373 g/mol. The fourth-order valence-corrected chi connectivity index (χ4v) is 3.16. The van der Waals surface area contributed by atoms with Gasteiger partial charge in [0.2, 0.25) is 5.88 Å². The van der Waals surface area contributed by atoms with Gasteiger partial charge in [0.05, 0.1) is 11.3 Å². The van der Waals surface area contributed by atoms with Crippen molar-refractivity contribution in [2.75, 3.05) is 5.32 Å². The molecule has 4 aromatic rings. The molecule has 0 saturated heterocycles. The first-order valence-corrected chi connectivity index (χ1v) is 9.05. The van der Waals surface area contributed by atoms with Crippen LogP contribution >= 0.6 is 0 Å². The van der Waals surface area contributed by atoms with Crippen LogP contribution in [0.25, 0.3) is 10.9 Å². The number of ketones is 1. The van der Waals surface area contributed by atoms with E-state index in [2.05, 4.69) is 10.5 Å². The number of nitrogens with one attached hydrogen (secondary N) is 1. The molecule has 0 spiro atoms. The van der Waals surface area contributed by atoms with Crippen LogP contribution in [-0.2, 0) is 11.3 Å². The number of halogens is 1. The number of carbonyl (C=O) groups excluding carboxylic acids is 2. The third kappa shape index (κ3) is 3.54. The molecule has 0 aliphatic carbocycles. The monoisotopic (exact) mass is 391 g/mol. The van der Waals surface area contributed by atoms with Crippen LogP contribution in [0.3, 0.4) is 0 Å². The minimum Gasteiger partial charge on any atom is -0.342 e. The average molecular weight is 391 g/mol. The second-order valence-electron chi connectivity index (χ2n) is 6.82. The summed E-state index contributed by atoms with van der Waals surface area (Å²) in [4.78, 5) is 25.4. The predicted octanol–water partition coefficient (Wildman–Crippen LogP) is 4.25. The van der Waals surface area contributed by atoms with Gasteiger partial charge in [0.25, 0.3) is 11.7 Å². The first-order chi connectivity index (χ1) is 13.9. The molecule has 1 amide bonds. The van der Waals surface area contributed by atoms with Crippen molar-refractivity contribution in [3.8, 4) is 0 Å². The van der Waals surface area contributed by atoms with Gasteiger partial charge in [-0.25, -0.2) is 4.39 Å². The SMILES string of the molecule is Cc1noc(NC(=O)C(=O)c2cn(Cc3ccc(F)cc3)c3ccccc23)c1C. The Labute approximate surface area is 165 Å². The topological polar surface area (TPSA) is 77.1 Å². The Bertz CT molecular complexity index is 1220. The summed E-state index contributed by atoms with van der Waals surface area (Å²) in [7, 11) is 0. The Balaban J connectivity index is 1.66. The Morgan fingerprint density at radius 2 is 1.83 bits per heavy atom. The number of nitrogens with zero attached hydrogens (tertiary/aromatic N) is 2. The molecule has 2 heterocycles. The number of benzene rings is 2. The smallest absolute Gasteiger partial charge is 0.299 e. The summed E-state index contributed by atoms with van der Waals surface area (Å²) < 4.78 is 20.1. The van der Waals surface area contributed by atoms with E-state index < -0.39 is 11.7 Å². The summed E-state index contributed by atoms with van der Waals surface area (Å²) in [6, 6.07) is 13.5. The van der Waals surface area contributed by atoms with Gasteiger partial charge >= 0.3 is 0 Å². The van der Waals surface area contributed by atoms with E-state index in [1.807, 2.05) is 22.8 Å². The van der Waals surface area contributed by atoms with E-state index in [1.165, 1.54) is 12.1 Å². The van der Waals surface area contributed by atoms with E-state index >= 15 is 0 Å². The van der Waals surface area contributed by atoms with Crippen LogP contribution in [0, 0.1) is 19.7 Å². The minimum atomic E-state index is -0.797. The van der Waals surface area contributed by atoms with Crippen LogP contribution < -0.4 is 5.32 Å². The van der Waals surface area contributed by atoms with Crippen molar-refractivity contribution in [3.05, 3.63) is 82.9 Å². The zero-order valence-electron chi connectivity index (χ0n) is 15.9. The van der Waals surface area contributed by atoms with E-state index in [1.54, 1.807) is 38.2 Å². The number of Topliss-reactive ketones (excluding diaryl/α,β-unsaturated/α-hetero) is 1. The van der Waals surface area contributed by atoms with E-state index in [0.717, 1.165) is 11.1 Å². The summed E-state index contributed by atoms with van der Waals surface area (Å²) >= 11 is 0. The molecule has 1 N–H and O–H groups in total. The highest BCUT2D eigenvalue weighted by Crippen LogP contribution is 2.24. The zero-order chi connectivity index (χ0) is 20.5. The number of aryl methyl sites for hydroxylation is 1. The van der Waals surface area contributed by atoms with E-state index in [9.17, 15) is 14.0 Å². The van der Waals surface area contributed by atoms with Gasteiger partial charge in [-0.3, -0.25) is 14.9 Å². The van der Waals surface area contributed by atoms with Gasteiger partial charge < -0.3 is 9.09 Å². The zero-order valence-corrected chi connectivity index (χ0v) is 15.9. The Morgan fingerprint density at radius 3 is 2.52 bits per heavy atom. The quantitative estimate of drug-likeness (QED) is 0.407. The Morgan fingerprint density at radius 1 is 1.10 bits per heavy atom. The van der Waals surface area contributed by atoms with Gasteiger partial charge in [-0.05, 0) is 37.6 Å². The van der Waals surface area contributed by atoms with Crippen LogP contribution in [0.5, 0.6) is 0 Å². The Kier molecular flexibility index (Phi) is 4.72. The lowest BCUT2D eigenvalue weighted by Gasteiger charge is -2.05. The molecule has 0 saturated carbocycles. The maximum atomic E-state index is 13.2. The maximum Gasteiger partial charge on any atom is 0.299 e. The summed E-state index contributed by atoms with van der Waals surface area (Å²) in [6.07, 6.45) is 1.65. The van der Waals surface area contributed by atoms with Crippen molar-refractivity contribution >= 4 is 28.5 Å². The molecule has 0 aliphatic heterocycles. The molecule has 6 nitrogen and oxygen atoms in total. The molecular formula is C22H18FN3O3. The van der Waals surface area contributed by atoms with Crippen molar-refractivity contribution < 1.29 is 18.5 Å². The van der Waals surface area contributed by atoms with Crippen LogP contribution in [0.4, 0.5) is 10.3 Å². The normalized spacial score (nSPS) is 11.0. The predicted molar refractivity (Wildman–Crippen MR) is 106 cm³/mol. The van der Waals surface area contributed by atoms with Gasteiger partial charge in [0.15, 0.2) is 0 Å². The van der Waals surface area contributed by atoms with Gasteiger partial charge in [-0.15, -0.1) is 0 Å². The first kappa shape index (κ1) is 18.6. The van der Waals surface area contributed by atoms with Gasteiger partial charge in [0.1, 0.15) is 5.82 Å².